The molecule has 1 fully saturated rings. The van der Waals surface area contributed by atoms with Crippen LogP contribution in [-0.4, -0.2) is 81.7 Å². The van der Waals surface area contributed by atoms with Crippen molar-refractivity contribution < 1.29 is 23.9 Å². The maximum absolute atomic E-state index is 12.9. The number of hydrogen-bond acceptors (Lipinski definition) is 7. The summed E-state index contributed by atoms with van der Waals surface area (Å²) in [6.07, 6.45) is 0.776. The number of pyridine rings is 1. The van der Waals surface area contributed by atoms with E-state index in [1.807, 2.05) is 17.9 Å². The molecule has 0 unspecified atom stereocenters. The number of methoxy groups -OCH3 is 2. The smallest absolute Gasteiger partial charge is 0.337 e. The van der Waals surface area contributed by atoms with Crippen LogP contribution in [0.4, 0.5) is 11.5 Å². The molecule has 1 aromatic heterocycles. The minimum Gasteiger partial charge on any atom is -0.465 e. The standard InChI is InChI=1S/C23H30N4O3.C8H8O2/c1-17-15-18(2)22(24-19(17)3)25-9-11-26(12-10-25)23(29)20-5-7-21(8-6-20)27(16-28)13-14-30-4;1-10-8(9)7-5-3-2-4-6-7/h5-8,15-16H,9-14H2,1-4H3;2-6H,1H3. The molecule has 3 aromatic rings. The summed E-state index contributed by atoms with van der Waals surface area (Å²) in [7, 11) is 2.97. The molecule has 2 amide bonds. The number of ether oxygens (including phenoxy) is 2. The van der Waals surface area contributed by atoms with E-state index in [1.165, 1.54) is 18.2 Å². The van der Waals surface area contributed by atoms with Crippen molar-refractivity contribution in [3.8, 4) is 0 Å². The Balaban J connectivity index is 0.000000371. The lowest BCUT2D eigenvalue weighted by Gasteiger charge is -2.36. The van der Waals surface area contributed by atoms with Crippen molar-refractivity contribution in [2.45, 2.75) is 20.8 Å². The fraction of sp³-hybridized carbons (Fsp3) is 0.355. The summed E-state index contributed by atoms with van der Waals surface area (Å²) in [5.74, 6) is 0.737. The largest absolute Gasteiger partial charge is 0.465 e. The topological polar surface area (TPSA) is 92.3 Å². The Kier molecular flexibility index (Phi) is 11.2. The normalized spacial score (nSPS) is 12.7. The quantitative estimate of drug-likeness (QED) is 0.311. The average Bonchev–Trinajstić information content (AvgIpc) is 3.00. The van der Waals surface area contributed by atoms with Crippen LogP contribution in [0, 0.1) is 20.8 Å². The SMILES string of the molecule is COC(=O)c1ccccc1.COCCN(C=O)c1ccc(C(=O)N2CCN(c3nc(C)c(C)cc3C)CC2)cc1. The van der Waals surface area contributed by atoms with Gasteiger partial charge in [0.05, 0.1) is 19.3 Å². The van der Waals surface area contributed by atoms with Gasteiger partial charge in [-0.3, -0.25) is 9.59 Å². The summed E-state index contributed by atoms with van der Waals surface area (Å²) in [5, 5.41) is 0. The van der Waals surface area contributed by atoms with Crippen molar-refractivity contribution in [2.75, 3.05) is 63.4 Å². The minimum absolute atomic E-state index is 0.0144. The van der Waals surface area contributed by atoms with Crippen LogP contribution >= 0.6 is 0 Å². The van der Waals surface area contributed by atoms with E-state index in [9.17, 15) is 14.4 Å². The summed E-state index contributed by atoms with van der Waals surface area (Å²) in [5.41, 5.74) is 5.38. The van der Waals surface area contributed by atoms with Crippen LogP contribution in [0.15, 0.2) is 60.7 Å². The second kappa shape index (κ2) is 14.8. The Morgan fingerprint density at radius 2 is 1.55 bits per heavy atom. The summed E-state index contributed by atoms with van der Waals surface area (Å²) >= 11 is 0. The van der Waals surface area contributed by atoms with Crippen molar-refractivity contribution in [1.82, 2.24) is 9.88 Å². The first-order chi connectivity index (χ1) is 19.3. The van der Waals surface area contributed by atoms with Gasteiger partial charge in [-0.15, -0.1) is 0 Å². The van der Waals surface area contributed by atoms with Crippen molar-refractivity contribution in [3.05, 3.63) is 88.6 Å². The molecular formula is C31H38N4O5. The zero-order chi connectivity index (χ0) is 29.1. The van der Waals surface area contributed by atoms with Gasteiger partial charge in [0.25, 0.3) is 5.91 Å². The Hall–Kier alpha value is -4.24. The van der Waals surface area contributed by atoms with Crippen LogP contribution in [0.1, 0.15) is 37.5 Å². The van der Waals surface area contributed by atoms with Crippen molar-refractivity contribution >= 4 is 29.8 Å². The molecule has 0 saturated carbocycles. The van der Waals surface area contributed by atoms with Crippen LogP contribution in [0.3, 0.4) is 0 Å². The molecule has 4 rings (SSSR count). The van der Waals surface area contributed by atoms with Gasteiger partial charge in [0, 0.05) is 56.8 Å². The summed E-state index contributed by atoms with van der Waals surface area (Å²) in [4.78, 5) is 45.4. The number of nitrogens with zero attached hydrogens (tertiary/aromatic N) is 4. The number of carbonyl (C=O) groups excluding carboxylic acids is 3. The van der Waals surface area contributed by atoms with Crippen LogP contribution in [0.2, 0.25) is 0 Å². The van der Waals surface area contributed by atoms with Gasteiger partial charge in [0.2, 0.25) is 6.41 Å². The highest BCUT2D eigenvalue weighted by atomic mass is 16.5. The second-order valence-electron chi connectivity index (χ2n) is 9.51. The number of hydrogen-bond donors (Lipinski definition) is 0. The summed E-state index contributed by atoms with van der Waals surface area (Å²) in [6.45, 7) is 9.95. The van der Waals surface area contributed by atoms with E-state index in [-0.39, 0.29) is 11.9 Å². The molecule has 9 heteroatoms. The first-order valence-electron chi connectivity index (χ1n) is 13.2. The van der Waals surface area contributed by atoms with Gasteiger partial charge in [-0.25, -0.2) is 9.78 Å². The molecule has 2 aromatic carbocycles. The molecule has 2 heterocycles. The monoisotopic (exact) mass is 546 g/mol. The first-order valence-corrected chi connectivity index (χ1v) is 13.2. The van der Waals surface area contributed by atoms with Crippen LogP contribution < -0.4 is 9.80 Å². The van der Waals surface area contributed by atoms with E-state index in [0.717, 1.165) is 36.7 Å². The fourth-order valence-corrected chi connectivity index (χ4v) is 4.37. The zero-order valence-corrected chi connectivity index (χ0v) is 23.9. The molecule has 40 heavy (non-hydrogen) atoms. The Morgan fingerprint density at radius 3 is 2.12 bits per heavy atom. The molecule has 1 aliphatic rings. The zero-order valence-electron chi connectivity index (χ0n) is 23.9. The van der Waals surface area contributed by atoms with Gasteiger partial charge in [-0.05, 0) is 68.3 Å². The Labute approximate surface area is 236 Å². The number of anilines is 2. The molecule has 9 nitrogen and oxygen atoms in total. The lowest BCUT2D eigenvalue weighted by molar-refractivity contribution is -0.107. The molecular weight excluding hydrogens is 508 g/mol. The highest BCUT2D eigenvalue weighted by molar-refractivity contribution is 5.95. The third-order valence-electron chi connectivity index (χ3n) is 6.80. The minimum atomic E-state index is -0.291. The first kappa shape index (κ1) is 30.3. The fourth-order valence-electron chi connectivity index (χ4n) is 4.37. The maximum Gasteiger partial charge on any atom is 0.337 e. The third kappa shape index (κ3) is 7.89. The Bertz CT molecular complexity index is 1270. The number of benzene rings is 2. The summed E-state index contributed by atoms with van der Waals surface area (Å²) < 4.78 is 9.52. The average molecular weight is 547 g/mol. The molecule has 0 atom stereocenters. The van der Waals surface area contributed by atoms with E-state index in [4.69, 9.17) is 9.72 Å². The molecule has 1 saturated heterocycles. The summed E-state index contributed by atoms with van der Waals surface area (Å²) in [6, 6.07) is 18.2. The predicted molar refractivity (Wildman–Crippen MR) is 156 cm³/mol. The molecule has 0 aliphatic carbocycles. The Morgan fingerprint density at radius 1 is 0.900 bits per heavy atom. The van der Waals surface area contributed by atoms with E-state index < -0.39 is 0 Å². The van der Waals surface area contributed by atoms with E-state index in [0.29, 0.717) is 37.4 Å². The van der Waals surface area contributed by atoms with Crippen molar-refractivity contribution in [2.24, 2.45) is 0 Å². The van der Waals surface area contributed by atoms with Crippen molar-refractivity contribution in [3.63, 3.8) is 0 Å². The number of esters is 1. The number of aryl methyl sites for hydroxylation is 3. The second-order valence-corrected chi connectivity index (χ2v) is 9.51. The molecule has 0 spiro atoms. The number of piperazine rings is 1. The predicted octanol–water partition coefficient (Wildman–Crippen LogP) is 4.05. The molecule has 1 aliphatic heterocycles. The molecule has 0 radical (unpaired) electrons. The number of aromatic nitrogens is 1. The van der Waals surface area contributed by atoms with Crippen LogP contribution in [0.25, 0.3) is 0 Å². The highest BCUT2D eigenvalue weighted by Gasteiger charge is 2.24. The van der Waals surface area contributed by atoms with E-state index in [1.54, 1.807) is 60.5 Å². The number of amides is 2. The third-order valence-corrected chi connectivity index (χ3v) is 6.80. The molecule has 0 N–H and O–H groups in total. The van der Waals surface area contributed by atoms with E-state index >= 15 is 0 Å². The van der Waals surface area contributed by atoms with Gasteiger partial charge in [0.1, 0.15) is 5.82 Å². The highest BCUT2D eigenvalue weighted by Crippen LogP contribution is 2.22. The van der Waals surface area contributed by atoms with Gasteiger partial charge in [0.15, 0.2) is 0 Å². The van der Waals surface area contributed by atoms with Crippen LogP contribution in [-0.2, 0) is 14.3 Å². The van der Waals surface area contributed by atoms with Gasteiger partial charge in [-0.1, -0.05) is 24.3 Å². The lowest BCUT2D eigenvalue weighted by atomic mass is 10.1. The lowest BCUT2D eigenvalue weighted by Crippen LogP contribution is -2.49. The van der Waals surface area contributed by atoms with Gasteiger partial charge >= 0.3 is 5.97 Å². The molecule has 212 valence electrons. The number of carbonyl (C=O) groups is 3. The van der Waals surface area contributed by atoms with Gasteiger partial charge < -0.3 is 24.2 Å². The van der Waals surface area contributed by atoms with Crippen LogP contribution in [0.5, 0.6) is 0 Å². The molecule has 0 bridgehead atoms. The van der Waals surface area contributed by atoms with Gasteiger partial charge in [-0.2, -0.15) is 0 Å². The maximum atomic E-state index is 12.9. The van der Waals surface area contributed by atoms with Crippen molar-refractivity contribution in [1.29, 1.82) is 0 Å². The number of rotatable bonds is 8. The van der Waals surface area contributed by atoms with E-state index in [2.05, 4.69) is 29.6 Å².